The third-order valence-corrected chi connectivity index (χ3v) is 0.177. The average Bonchev–Trinajstić information content (AvgIpc) is 1.37. The molecule has 5 heavy (non-hydrogen) atoms. The maximum absolute atomic E-state index is 6.39. The van der Waals surface area contributed by atoms with E-state index in [9.17, 15) is 0 Å². The average molecular weight is 249 g/mol. The second kappa shape index (κ2) is 8.82. The Balaban J connectivity index is 0. The van der Waals surface area contributed by atoms with Gasteiger partial charge in [0, 0.05) is 20.1 Å². The fraction of sp³-hybridized carbons (Fsp3) is 0.667. The molecule has 0 rings (SSSR count). The summed E-state index contributed by atoms with van der Waals surface area (Å²) in [6, 6.07) is 0. The smallest absolute Gasteiger partial charge is 0 e. The molecule has 0 aliphatic rings. The predicted octanol–water partition coefficient (Wildman–Crippen LogP) is 1.26. The standard InChI is InChI=1S/C3H7N.Ir/c1-2-3-4;/h4H,1-3H2;/q-2;. The van der Waals surface area contributed by atoms with Crippen LogP contribution in [0, 0.1) is 6.92 Å². The quantitative estimate of drug-likeness (QED) is 0.625. The molecule has 0 saturated heterocycles. The maximum Gasteiger partial charge on any atom is 0 e. The van der Waals surface area contributed by atoms with Crippen molar-refractivity contribution in [3.8, 4) is 0 Å². The molecule has 0 unspecified atom stereocenters. The minimum absolute atomic E-state index is 0. The van der Waals surface area contributed by atoms with Gasteiger partial charge in [-0.1, -0.05) is 0 Å². The van der Waals surface area contributed by atoms with E-state index in [1.807, 2.05) is 0 Å². The van der Waals surface area contributed by atoms with Crippen molar-refractivity contribution in [2.45, 2.75) is 6.42 Å². The fourth-order valence-electron chi connectivity index (χ4n) is 0. The first-order valence-corrected chi connectivity index (χ1v) is 1.35. The summed E-state index contributed by atoms with van der Waals surface area (Å²) in [5, 5.41) is 0. The summed E-state index contributed by atoms with van der Waals surface area (Å²) in [5.41, 5.74) is 6.39. The van der Waals surface area contributed by atoms with Gasteiger partial charge < -0.3 is 12.7 Å². The van der Waals surface area contributed by atoms with Gasteiger partial charge in [0.05, 0.1) is 0 Å². The minimum Gasteiger partial charge on any atom is -0.679 e. The SMILES string of the molecule is [CH2-]CC[NH-].[Ir]. The van der Waals surface area contributed by atoms with E-state index in [1.165, 1.54) is 0 Å². The monoisotopic (exact) mass is 250 g/mol. The van der Waals surface area contributed by atoms with Gasteiger partial charge in [-0.05, 0) is 0 Å². The Labute approximate surface area is 46.3 Å². The van der Waals surface area contributed by atoms with Crippen LogP contribution in [0.15, 0.2) is 0 Å². The van der Waals surface area contributed by atoms with Gasteiger partial charge in [-0.3, -0.25) is 0 Å². The van der Waals surface area contributed by atoms with E-state index < -0.39 is 0 Å². The van der Waals surface area contributed by atoms with Gasteiger partial charge in [-0.15, -0.1) is 0 Å². The molecule has 0 amide bonds. The van der Waals surface area contributed by atoms with Crippen LogP contribution in [-0.2, 0) is 20.1 Å². The Morgan fingerprint density at radius 1 is 1.60 bits per heavy atom. The van der Waals surface area contributed by atoms with Crippen molar-refractivity contribution < 1.29 is 20.1 Å². The van der Waals surface area contributed by atoms with Crippen molar-refractivity contribution in [1.29, 1.82) is 0 Å². The predicted molar refractivity (Wildman–Crippen MR) is 19.2 cm³/mol. The molecular formula is C3H7IrN-2. The summed E-state index contributed by atoms with van der Waals surface area (Å²) < 4.78 is 0. The summed E-state index contributed by atoms with van der Waals surface area (Å²) in [4.78, 5) is 0. The summed E-state index contributed by atoms with van der Waals surface area (Å²) in [6.45, 7) is 3.88. The third kappa shape index (κ3) is 12.1. The zero-order chi connectivity index (χ0) is 3.41. The summed E-state index contributed by atoms with van der Waals surface area (Å²) in [6.07, 6.45) is 0.736. The van der Waals surface area contributed by atoms with Crippen LogP contribution >= 0.6 is 0 Å². The van der Waals surface area contributed by atoms with E-state index in [0.29, 0.717) is 6.54 Å². The van der Waals surface area contributed by atoms with Gasteiger partial charge in [0.2, 0.25) is 0 Å². The minimum atomic E-state index is 0. The van der Waals surface area contributed by atoms with Crippen molar-refractivity contribution in [2.75, 3.05) is 6.54 Å². The molecule has 0 spiro atoms. The molecule has 1 nitrogen and oxygen atoms in total. The van der Waals surface area contributed by atoms with Crippen molar-refractivity contribution in [1.82, 2.24) is 0 Å². The number of nitrogens with one attached hydrogen (secondary N) is 1. The molecule has 35 valence electrons. The number of hydrogen-bond donors (Lipinski definition) is 0. The zero-order valence-corrected chi connectivity index (χ0v) is 5.35. The number of rotatable bonds is 1. The van der Waals surface area contributed by atoms with Crippen molar-refractivity contribution in [3.63, 3.8) is 0 Å². The second-order valence-corrected chi connectivity index (χ2v) is 0.604. The first-order chi connectivity index (χ1) is 1.91. The first-order valence-electron chi connectivity index (χ1n) is 1.35. The molecule has 0 aromatic rings. The van der Waals surface area contributed by atoms with Gasteiger partial charge in [0.15, 0.2) is 0 Å². The van der Waals surface area contributed by atoms with Crippen LogP contribution in [0.25, 0.3) is 5.73 Å². The molecule has 0 heterocycles. The van der Waals surface area contributed by atoms with Gasteiger partial charge in [0.1, 0.15) is 0 Å². The molecule has 0 aromatic carbocycles. The van der Waals surface area contributed by atoms with Crippen LogP contribution in [0.2, 0.25) is 0 Å². The molecule has 1 radical (unpaired) electrons. The topological polar surface area (TPSA) is 23.8 Å². The Morgan fingerprint density at radius 3 is 1.80 bits per heavy atom. The second-order valence-electron chi connectivity index (χ2n) is 0.604. The Morgan fingerprint density at radius 2 is 1.80 bits per heavy atom. The molecule has 0 aromatic heterocycles. The van der Waals surface area contributed by atoms with E-state index in [-0.39, 0.29) is 20.1 Å². The van der Waals surface area contributed by atoms with Crippen molar-refractivity contribution in [2.24, 2.45) is 0 Å². The van der Waals surface area contributed by atoms with E-state index >= 15 is 0 Å². The zero-order valence-electron chi connectivity index (χ0n) is 2.95. The first kappa shape index (κ1) is 9.15. The van der Waals surface area contributed by atoms with Gasteiger partial charge in [0.25, 0.3) is 0 Å². The van der Waals surface area contributed by atoms with E-state index in [1.54, 1.807) is 0 Å². The molecule has 0 aliphatic heterocycles. The summed E-state index contributed by atoms with van der Waals surface area (Å²) >= 11 is 0. The van der Waals surface area contributed by atoms with Crippen LogP contribution in [0.3, 0.4) is 0 Å². The van der Waals surface area contributed by atoms with E-state index in [2.05, 4.69) is 6.92 Å². The van der Waals surface area contributed by atoms with Gasteiger partial charge in [-0.25, -0.2) is 6.42 Å². The van der Waals surface area contributed by atoms with Crippen LogP contribution in [0.5, 0.6) is 0 Å². The molecule has 0 aliphatic carbocycles. The molecular weight excluding hydrogens is 242 g/mol. The van der Waals surface area contributed by atoms with E-state index in [4.69, 9.17) is 5.73 Å². The molecule has 0 fully saturated rings. The van der Waals surface area contributed by atoms with Gasteiger partial charge in [-0.2, -0.15) is 6.54 Å². The maximum atomic E-state index is 6.39. The molecule has 0 bridgehead atoms. The Kier molecular flexibility index (Phi) is 16.1. The van der Waals surface area contributed by atoms with Crippen LogP contribution in [0.4, 0.5) is 0 Å². The molecule has 2 heteroatoms. The van der Waals surface area contributed by atoms with E-state index in [0.717, 1.165) is 6.42 Å². The summed E-state index contributed by atoms with van der Waals surface area (Å²) in [7, 11) is 0. The Bertz CT molecular complexity index is 8.85. The molecule has 0 atom stereocenters. The van der Waals surface area contributed by atoms with Gasteiger partial charge >= 0.3 is 0 Å². The van der Waals surface area contributed by atoms with Crippen LogP contribution in [-0.4, -0.2) is 6.54 Å². The molecule has 0 saturated carbocycles. The van der Waals surface area contributed by atoms with Crippen LogP contribution in [0.1, 0.15) is 6.42 Å². The molecule has 1 N–H and O–H groups in total. The Hall–Kier alpha value is 0.609. The van der Waals surface area contributed by atoms with Crippen LogP contribution < -0.4 is 0 Å². The summed E-state index contributed by atoms with van der Waals surface area (Å²) in [5.74, 6) is 0. The fourth-order valence-corrected chi connectivity index (χ4v) is 0. The van der Waals surface area contributed by atoms with Crippen molar-refractivity contribution >= 4 is 0 Å². The number of hydrogen-bond acceptors (Lipinski definition) is 0. The normalized spacial score (nSPS) is 6.00. The van der Waals surface area contributed by atoms with Crippen molar-refractivity contribution in [3.05, 3.63) is 12.7 Å². The largest absolute Gasteiger partial charge is 0.679 e. The third-order valence-electron chi connectivity index (χ3n) is 0.177.